The number of ether oxygens (including phenoxy) is 2. The number of amides is 1. The molecule has 2 aliphatic carbocycles. The Morgan fingerprint density at radius 3 is 2.29 bits per heavy atom. The molecular weight excluding hydrogens is 270 g/mol. The molecule has 5 nitrogen and oxygen atoms in total. The first-order valence-corrected chi connectivity index (χ1v) is 7.81. The summed E-state index contributed by atoms with van der Waals surface area (Å²) in [6.07, 6.45) is 3.48. The molecule has 0 aromatic carbocycles. The lowest BCUT2D eigenvalue weighted by molar-refractivity contribution is -0.152. The first-order valence-electron chi connectivity index (χ1n) is 7.81. The van der Waals surface area contributed by atoms with Gasteiger partial charge >= 0.3 is 12.1 Å². The lowest BCUT2D eigenvalue weighted by Gasteiger charge is -2.52. The summed E-state index contributed by atoms with van der Waals surface area (Å²) in [5.41, 5.74) is -0.133. The molecule has 5 heteroatoms. The Morgan fingerprint density at radius 1 is 1.14 bits per heavy atom. The highest BCUT2D eigenvalue weighted by atomic mass is 16.7. The first-order chi connectivity index (χ1) is 9.75. The minimum absolute atomic E-state index is 0.0732. The molecule has 0 heterocycles. The number of rotatable bonds is 4. The summed E-state index contributed by atoms with van der Waals surface area (Å²) < 4.78 is 9.91. The molecule has 2 rings (SSSR count). The average molecular weight is 297 g/mol. The Labute approximate surface area is 127 Å². The van der Waals surface area contributed by atoms with E-state index in [4.69, 9.17) is 9.47 Å². The monoisotopic (exact) mass is 297 g/mol. The van der Waals surface area contributed by atoms with Crippen LogP contribution in [0.4, 0.5) is 4.79 Å². The summed E-state index contributed by atoms with van der Waals surface area (Å²) in [5, 5.41) is 0. The van der Waals surface area contributed by atoms with E-state index in [9.17, 15) is 9.59 Å². The van der Waals surface area contributed by atoms with Crippen LogP contribution in [-0.4, -0.2) is 36.3 Å². The quantitative estimate of drug-likeness (QED) is 0.591. The van der Waals surface area contributed by atoms with Gasteiger partial charge in [0.25, 0.3) is 0 Å². The minimum atomic E-state index is -0.415. The Morgan fingerprint density at radius 2 is 1.76 bits per heavy atom. The van der Waals surface area contributed by atoms with Gasteiger partial charge in [-0.25, -0.2) is 4.79 Å². The van der Waals surface area contributed by atoms with Crippen molar-refractivity contribution in [1.29, 1.82) is 0 Å². The normalized spacial score (nSPS) is 32.8. The van der Waals surface area contributed by atoms with Crippen LogP contribution in [0, 0.1) is 17.3 Å². The van der Waals surface area contributed by atoms with Crippen molar-refractivity contribution >= 4 is 12.1 Å². The van der Waals surface area contributed by atoms with Crippen molar-refractivity contribution in [3.05, 3.63) is 0 Å². The number of fused-ring (bicyclic) bond motifs is 2. The molecule has 120 valence electrons. The molecule has 0 aromatic rings. The van der Waals surface area contributed by atoms with Gasteiger partial charge in [0.2, 0.25) is 6.79 Å². The summed E-state index contributed by atoms with van der Waals surface area (Å²) in [4.78, 5) is 25.1. The van der Waals surface area contributed by atoms with Crippen molar-refractivity contribution in [2.24, 2.45) is 17.3 Å². The standard InChI is InChI=1S/C16H27NO4/c1-6-13(18)20-10-21-14(19)17(5)16(4)12-8-7-11(9-12)15(16,2)3/h11-12H,6-10H2,1-5H3. The van der Waals surface area contributed by atoms with E-state index in [1.165, 1.54) is 19.3 Å². The second-order valence-electron chi connectivity index (χ2n) is 7.03. The van der Waals surface area contributed by atoms with Gasteiger partial charge in [0.05, 0.1) is 5.54 Å². The topological polar surface area (TPSA) is 55.8 Å². The van der Waals surface area contributed by atoms with Crippen molar-refractivity contribution in [1.82, 2.24) is 4.90 Å². The molecule has 21 heavy (non-hydrogen) atoms. The maximum absolute atomic E-state index is 12.3. The smallest absolute Gasteiger partial charge is 0.412 e. The summed E-state index contributed by atoms with van der Waals surface area (Å²) in [6, 6.07) is 0. The first kappa shape index (κ1) is 16.1. The van der Waals surface area contributed by atoms with E-state index in [1.807, 2.05) is 0 Å². The molecular formula is C16H27NO4. The minimum Gasteiger partial charge on any atom is -0.428 e. The number of nitrogens with zero attached hydrogens (tertiary/aromatic N) is 1. The van der Waals surface area contributed by atoms with Gasteiger partial charge in [0.15, 0.2) is 0 Å². The third-order valence-electron chi connectivity index (χ3n) is 6.21. The number of esters is 1. The number of carbonyl (C=O) groups excluding carboxylic acids is 2. The molecule has 3 atom stereocenters. The van der Waals surface area contributed by atoms with Crippen molar-refractivity contribution in [3.63, 3.8) is 0 Å². The van der Waals surface area contributed by atoms with Crippen molar-refractivity contribution < 1.29 is 19.1 Å². The fourth-order valence-corrected chi connectivity index (χ4v) is 4.33. The number of hydrogen-bond acceptors (Lipinski definition) is 4. The van der Waals surface area contributed by atoms with Crippen LogP contribution in [0.2, 0.25) is 0 Å². The predicted molar refractivity (Wildman–Crippen MR) is 78.5 cm³/mol. The van der Waals surface area contributed by atoms with E-state index in [1.54, 1.807) is 18.9 Å². The maximum atomic E-state index is 12.3. The van der Waals surface area contributed by atoms with Crippen LogP contribution in [0.15, 0.2) is 0 Å². The third-order valence-corrected chi connectivity index (χ3v) is 6.21. The van der Waals surface area contributed by atoms with E-state index in [2.05, 4.69) is 20.8 Å². The lowest BCUT2D eigenvalue weighted by atomic mass is 9.63. The summed E-state index contributed by atoms with van der Waals surface area (Å²) in [7, 11) is 1.80. The highest BCUT2D eigenvalue weighted by Gasteiger charge is 2.63. The highest BCUT2D eigenvalue weighted by molar-refractivity contribution is 5.70. The summed E-state index contributed by atoms with van der Waals surface area (Å²) >= 11 is 0. The van der Waals surface area contributed by atoms with Crippen LogP contribution in [-0.2, 0) is 14.3 Å². The fraction of sp³-hybridized carbons (Fsp3) is 0.875. The molecule has 3 unspecified atom stereocenters. The van der Waals surface area contributed by atoms with Gasteiger partial charge in [0, 0.05) is 13.5 Å². The zero-order valence-corrected chi connectivity index (χ0v) is 13.8. The van der Waals surface area contributed by atoms with Gasteiger partial charge in [-0.15, -0.1) is 0 Å². The Balaban J connectivity index is 2.00. The van der Waals surface area contributed by atoms with Gasteiger partial charge in [-0.2, -0.15) is 0 Å². The van der Waals surface area contributed by atoms with Gasteiger partial charge in [-0.3, -0.25) is 4.79 Å². The highest BCUT2D eigenvalue weighted by Crippen LogP contribution is 2.63. The maximum Gasteiger partial charge on any atom is 0.412 e. The van der Waals surface area contributed by atoms with Crippen molar-refractivity contribution in [2.45, 2.75) is 58.9 Å². The van der Waals surface area contributed by atoms with Crippen LogP contribution in [0.5, 0.6) is 0 Å². The average Bonchev–Trinajstić information content (AvgIpc) is 3.00. The Hall–Kier alpha value is -1.26. The van der Waals surface area contributed by atoms with Gasteiger partial charge < -0.3 is 14.4 Å². The van der Waals surface area contributed by atoms with Crippen LogP contribution in [0.3, 0.4) is 0 Å². The number of hydrogen-bond donors (Lipinski definition) is 0. The number of carbonyl (C=O) groups is 2. The molecule has 0 radical (unpaired) electrons. The van der Waals surface area contributed by atoms with Crippen molar-refractivity contribution in [3.8, 4) is 0 Å². The molecule has 2 bridgehead atoms. The van der Waals surface area contributed by atoms with E-state index >= 15 is 0 Å². The van der Waals surface area contributed by atoms with Crippen LogP contribution < -0.4 is 0 Å². The van der Waals surface area contributed by atoms with E-state index in [0.29, 0.717) is 11.8 Å². The predicted octanol–water partition coefficient (Wildman–Crippen LogP) is 3.18. The molecule has 0 aliphatic heterocycles. The van der Waals surface area contributed by atoms with Crippen LogP contribution in [0.1, 0.15) is 53.4 Å². The zero-order valence-electron chi connectivity index (χ0n) is 13.8. The largest absolute Gasteiger partial charge is 0.428 e. The van der Waals surface area contributed by atoms with Gasteiger partial charge in [-0.1, -0.05) is 20.8 Å². The summed E-state index contributed by atoms with van der Waals surface area (Å²) in [6.45, 7) is 8.06. The second kappa shape index (κ2) is 5.50. The van der Waals surface area contributed by atoms with Crippen molar-refractivity contribution in [2.75, 3.05) is 13.8 Å². The summed E-state index contributed by atoms with van der Waals surface area (Å²) in [5.74, 6) is 0.825. The third kappa shape index (κ3) is 2.40. The Bertz CT molecular complexity index is 434. The molecule has 0 aromatic heterocycles. The van der Waals surface area contributed by atoms with E-state index in [-0.39, 0.29) is 30.1 Å². The van der Waals surface area contributed by atoms with E-state index < -0.39 is 6.09 Å². The van der Waals surface area contributed by atoms with Gasteiger partial charge in [0.1, 0.15) is 0 Å². The lowest BCUT2D eigenvalue weighted by Crippen LogP contribution is -2.59. The molecule has 1 amide bonds. The molecule has 2 saturated carbocycles. The molecule has 0 spiro atoms. The second-order valence-corrected chi connectivity index (χ2v) is 7.03. The molecule has 2 aliphatic rings. The zero-order chi connectivity index (χ0) is 15.8. The molecule has 0 N–H and O–H groups in total. The molecule has 0 saturated heterocycles. The SMILES string of the molecule is CCC(=O)OCOC(=O)N(C)C1(C)C2CCC(C2)C1(C)C. The Kier molecular flexibility index (Phi) is 4.22. The molecule has 2 fully saturated rings. The van der Waals surface area contributed by atoms with E-state index in [0.717, 1.165) is 0 Å². The fourth-order valence-electron chi connectivity index (χ4n) is 4.33. The van der Waals surface area contributed by atoms with Gasteiger partial charge in [-0.05, 0) is 43.4 Å². The van der Waals surface area contributed by atoms with Crippen LogP contribution >= 0.6 is 0 Å². The van der Waals surface area contributed by atoms with Crippen LogP contribution in [0.25, 0.3) is 0 Å².